The largest absolute Gasteiger partial charge is 0.494 e. The summed E-state index contributed by atoms with van der Waals surface area (Å²) in [5, 5.41) is 0. The van der Waals surface area contributed by atoms with Gasteiger partial charge in [0, 0.05) is 11.8 Å². The third kappa shape index (κ3) is 5.99. The van der Waals surface area contributed by atoms with Crippen LogP contribution in [0.4, 0.5) is 11.4 Å². The van der Waals surface area contributed by atoms with E-state index in [0.717, 1.165) is 29.4 Å². The Morgan fingerprint density at radius 2 is 1.79 bits per heavy atom. The van der Waals surface area contributed by atoms with Crippen LogP contribution in [0.5, 0.6) is 5.75 Å². The summed E-state index contributed by atoms with van der Waals surface area (Å²) in [7, 11) is -5.81. The molecule has 0 saturated heterocycles. The van der Waals surface area contributed by atoms with Gasteiger partial charge in [-0.15, -0.1) is 4.36 Å². The molecule has 3 N–H and O–H groups in total. The second-order valence-electron chi connectivity index (χ2n) is 4.47. The van der Waals surface area contributed by atoms with E-state index in [-0.39, 0.29) is 11.4 Å². The molecule has 0 heterocycles. The predicted octanol–water partition coefficient (Wildman–Crippen LogP) is 2.21. The summed E-state index contributed by atoms with van der Waals surface area (Å²) in [6.45, 7) is 2.00. The minimum atomic E-state index is -4.36. The van der Waals surface area contributed by atoms with E-state index in [1.807, 2.05) is 31.2 Å². The summed E-state index contributed by atoms with van der Waals surface area (Å²) in [5.74, 6) is -0.0701. The lowest BCUT2D eigenvalue weighted by Crippen LogP contribution is -1.98. The molecule has 0 aliphatic rings. The van der Waals surface area contributed by atoms with Gasteiger partial charge in [0.05, 0.1) is 12.0 Å². The quantitative estimate of drug-likeness (QED) is 0.622. The first-order chi connectivity index (χ1) is 11.1. The van der Waals surface area contributed by atoms with Gasteiger partial charge in [0.1, 0.15) is 11.4 Å². The molecule has 0 fully saturated rings. The van der Waals surface area contributed by atoms with Crippen molar-refractivity contribution in [2.75, 3.05) is 12.8 Å². The van der Waals surface area contributed by atoms with Gasteiger partial charge >= 0.3 is 10.5 Å². The van der Waals surface area contributed by atoms with Gasteiger partial charge in [-0.1, -0.05) is 18.2 Å². The topological polar surface area (TPSA) is 136 Å². The molecule has 0 spiro atoms. The van der Waals surface area contributed by atoms with Crippen LogP contribution in [0.3, 0.4) is 0 Å². The number of anilines is 1. The standard InChI is InChI=1S/C7H7NO6S2.C7H9N/c1-14-7-4-5(16(11,12)13)2-3-6(7)8-15(9)10;1-6-4-2-3-5-7(6)8/h2-4H,1H3,(H,11,12,13);2-5H,8H2,1H3. The Morgan fingerprint density at radius 3 is 2.21 bits per heavy atom. The molecule has 0 amide bonds. The number of benzene rings is 2. The summed E-state index contributed by atoms with van der Waals surface area (Å²) in [5.41, 5.74) is 7.48. The van der Waals surface area contributed by atoms with Gasteiger partial charge in [-0.3, -0.25) is 4.55 Å². The van der Waals surface area contributed by atoms with Gasteiger partial charge in [0.25, 0.3) is 10.1 Å². The molecule has 0 aliphatic heterocycles. The molecule has 8 nitrogen and oxygen atoms in total. The van der Waals surface area contributed by atoms with E-state index in [4.69, 9.17) is 15.0 Å². The molecule has 10 heteroatoms. The molecule has 0 unspecified atom stereocenters. The van der Waals surface area contributed by atoms with Crippen LogP contribution < -0.4 is 10.5 Å². The maximum Gasteiger partial charge on any atom is 0.316 e. The van der Waals surface area contributed by atoms with Crippen molar-refractivity contribution in [3.63, 3.8) is 0 Å². The number of methoxy groups -OCH3 is 1. The van der Waals surface area contributed by atoms with Crippen LogP contribution in [-0.4, -0.2) is 28.5 Å². The minimum absolute atomic E-state index is 0.0526. The Labute approximate surface area is 141 Å². The SMILES string of the molecule is COc1cc(S(=O)(=O)O)ccc1N=S(=O)=O.Cc1ccccc1N. The molecule has 0 atom stereocenters. The van der Waals surface area contributed by atoms with Crippen LogP contribution >= 0.6 is 0 Å². The van der Waals surface area contributed by atoms with Crippen LogP contribution in [-0.2, 0) is 20.6 Å². The smallest absolute Gasteiger partial charge is 0.316 e. The number of para-hydroxylation sites is 1. The van der Waals surface area contributed by atoms with E-state index >= 15 is 0 Å². The van der Waals surface area contributed by atoms with E-state index in [1.54, 1.807) is 0 Å². The minimum Gasteiger partial charge on any atom is -0.494 e. The van der Waals surface area contributed by atoms with Crippen LogP contribution in [0.1, 0.15) is 5.56 Å². The molecule has 2 aromatic rings. The first-order valence-corrected chi connectivity index (χ1v) is 8.90. The third-order valence-electron chi connectivity index (χ3n) is 2.81. The summed E-state index contributed by atoms with van der Waals surface area (Å²) in [6, 6.07) is 10.9. The Balaban J connectivity index is 0.000000300. The van der Waals surface area contributed by atoms with Crippen LogP contribution in [0, 0.1) is 6.92 Å². The molecule has 24 heavy (non-hydrogen) atoms. The number of rotatable bonds is 3. The Kier molecular flexibility index (Phi) is 6.89. The molecular weight excluding hydrogens is 356 g/mol. The highest BCUT2D eigenvalue weighted by Gasteiger charge is 2.13. The second kappa shape index (κ2) is 8.43. The fourth-order valence-corrected chi connectivity index (χ4v) is 2.37. The number of hydrogen-bond acceptors (Lipinski definition) is 7. The average Bonchev–Trinajstić information content (AvgIpc) is 2.49. The molecule has 0 saturated carbocycles. The fourth-order valence-electron chi connectivity index (χ4n) is 1.56. The maximum absolute atomic E-state index is 10.8. The summed E-state index contributed by atoms with van der Waals surface area (Å²) in [4.78, 5) is -0.403. The first-order valence-electron chi connectivity index (χ1n) is 6.43. The highest BCUT2D eigenvalue weighted by atomic mass is 32.2. The Morgan fingerprint density at radius 1 is 1.17 bits per heavy atom. The summed E-state index contributed by atoms with van der Waals surface area (Å²) >= 11 is 0. The van der Waals surface area contributed by atoms with E-state index in [9.17, 15) is 16.8 Å². The Hall–Kier alpha value is -2.43. The normalized spacial score (nSPS) is 10.3. The van der Waals surface area contributed by atoms with Crippen LogP contribution in [0.2, 0.25) is 0 Å². The van der Waals surface area contributed by atoms with Crippen LogP contribution in [0.25, 0.3) is 0 Å². The number of nitrogen functional groups attached to an aromatic ring is 1. The van der Waals surface area contributed by atoms with Crippen molar-refractivity contribution in [1.82, 2.24) is 0 Å². The first kappa shape index (κ1) is 19.6. The van der Waals surface area contributed by atoms with Crippen molar-refractivity contribution in [2.45, 2.75) is 11.8 Å². The summed E-state index contributed by atoms with van der Waals surface area (Å²) < 4.78 is 58.9. The fraction of sp³-hybridized carbons (Fsp3) is 0.143. The van der Waals surface area contributed by atoms with Gasteiger partial charge in [-0.25, -0.2) is 0 Å². The van der Waals surface area contributed by atoms with Crippen molar-refractivity contribution in [1.29, 1.82) is 0 Å². The molecule has 2 aromatic carbocycles. The van der Waals surface area contributed by atoms with Gasteiger partial charge < -0.3 is 10.5 Å². The van der Waals surface area contributed by atoms with E-state index in [2.05, 4.69) is 4.36 Å². The predicted molar refractivity (Wildman–Crippen MR) is 89.4 cm³/mol. The zero-order valence-electron chi connectivity index (χ0n) is 12.9. The van der Waals surface area contributed by atoms with Gasteiger partial charge in [0.15, 0.2) is 0 Å². The van der Waals surface area contributed by atoms with Gasteiger partial charge in [0.2, 0.25) is 0 Å². The monoisotopic (exact) mass is 372 g/mol. The number of aryl methyl sites for hydroxylation is 1. The molecular formula is C14H16N2O6S2. The maximum atomic E-state index is 10.8. The lowest BCUT2D eigenvalue weighted by Gasteiger charge is -2.04. The van der Waals surface area contributed by atoms with Gasteiger partial charge in [-0.2, -0.15) is 16.8 Å². The lowest BCUT2D eigenvalue weighted by molar-refractivity contribution is 0.414. The van der Waals surface area contributed by atoms with Gasteiger partial charge in [-0.05, 0) is 30.7 Å². The molecule has 0 radical (unpaired) electrons. The molecule has 0 bridgehead atoms. The van der Waals surface area contributed by atoms with Crippen molar-refractivity contribution >= 4 is 32.0 Å². The van der Waals surface area contributed by atoms with E-state index in [1.165, 1.54) is 7.11 Å². The van der Waals surface area contributed by atoms with E-state index < -0.39 is 25.5 Å². The van der Waals surface area contributed by atoms with Crippen molar-refractivity contribution in [2.24, 2.45) is 4.36 Å². The zero-order chi connectivity index (χ0) is 18.3. The third-order valence-corrected chi connectivity index (χ3v) is 4.01. The van der Waals surface area contributed by atoms with Crippen molar-refractivity contribution in [3.8, 4) is 5.75 Å². The number of nitrogens with zero attached hydrogens (tertiary/aromatic N) is 1. The molecule has 0 aliphatic carbocycles. The summed E-state index contributed by atoms with van der Waals surface area (Å²) in [6.07, 6.45) is 0. The van der Waals surface area contributed by atoms with Crippen LogP contribution in [0.15, 0.2) is 51.7 Å². The number of ether oxygens (including phenoxy) is 1. The highest BCUT2D eigenvalue weighted by molar-refractivity contribution is 7.85. The average molecular weight is 372 g/mol. The zero-order valence-corrected chi connectivity index (χ0v) is 14.5. The lowest BCUT2D eigenvalue weighted by atomic mass is 10.2. The number of nitrogens with two attached hydrogens (primary N) is 1. The Bertz CT molecular complexity index is 924. The van der Waals surface area contributed by atoms with Crippen molar-refractivity contribution < 1.29 is 26.1 Å². The molecule has 2 rings (SSSR count). The highest BCUT2D eigenvalue weighted by Crippen LogP contribution is 2.29. The second-order valence-corrected chi connectivity index (χ2v) is 6.51. The molecule has 130 valence electrons. The number of hydrogen-bond donors (Lipinski definition) is 2. The van der Waals surface area contributed by atoms with E-state index in [0.29, 0.717) is 0 Å². The molecule has 0 aromatic heterocycles. The van der Waals surface area contributed by atoms with Crippen molar-refractivity contribution in [3.05, 3.63) is 48.0 Å².